The standard InChI is InChI=1S/C12H2Br2F2N2/c13-9-1-5-6(8(4-18)11(9)15)2-10(14)12(16)7(5)3-17/h1-2H. The van der Waals surface area contributed by atoms with Crippen molar-refractivity contribution < 1.29 is 8.78 Å². The number of benzene rings is 2. The molecule has 88 valence electrons. The summed E-state index contributed by atoms with van der Waals surface area (Å²) in [5.74, 6) is -1.46. The average Bonchev–Trinajstić information content (AvgIpc) is 2.34. The summed E-state index contributed by atoms with van der Waals surface area (Å²) in [7, 11) is 0. The molecule has 0 heterocycles. The molecule has 0 atom stereocenters. The van der Waals surface area contributed by atoms with Crippen LogP contribution in [0.2, 0.25) is 0 Å². The lowest BCUT2D eigenvalue weighted by Crippen LogP contribution is -1.94. The molecule has 0 radical (unpaired) electrons. The minimum Gasteiger partial charge on any atom is -0.204 e. The zero-order valence-electron chi connectivity index (χ0n) is 8.56. The molecule has 0 aromatic heterocycles. The molecule has 0 bridgehead atoms. The van der Waals surface area contributed by atoms with Crippen LogP contribution in [0.5, 0.6) is 0 Å². The molecular formula is C12H2Br2F2N2. The van der Waals surface area contributed by atoms with Gasteiger partial charge in [0, 0.05) is 10.8 Å². The maximum absolute atomic E-state index is 13.7. The molecule has 6 heteroatoms. The molecule has 0 fully saturated rings. The van der Waals surface area contributed by atoms with Gasteiger partial charge in [0.1, 0.15) is 12.1 Å². The van der Waals surface area contributed by atoms with Crippen molar-refractivity contribution in [3.05, 3.63) is 43.8 Å². The fourth-order valence-corrected chi connectivity index (χ4v) is 2.50. The first-order valence-electron chi connectivity index (χ1n) is 4.61. The summed E-state index contributed by atoms with van der Waals surface area (Å²) < 4.78 is 27.5. The van der Waals surface area contributed by atoms with Crippen molar-refractivity contribution >= 4 is 42.6 Å². The van der Waals surface area contributed by atoms with Crippen LogP contribution in [0.1, 0.15) is 11.1 Å². The maximum atomic E-state index is 13.7. The Kier molecular flexibility index (Phi) is 3.34. The van der Waals surface area contributed by atoms with Crippen molar-refractivity contribution in [2.45, 2.75) is 0 Å². The van der Waals surface area contributed by atoms with Crippen molar-refractivity contribution in [3.63, 3.8) is 0 Å². The van der Waals surface area contributed by atoms with Gasteiger partial charge in [0.15, 0.2) is 11.6 Å². The number of nitrogens with zero attached hydrogens (tertiary/aromatic N) is 2. The van der Waals surface area contributed by atoms with Gasteiger partial charge in [-0.2, -0.15) is 10.5 Å². The predicted octanol–water partition coefficient (Wildman–Crippen LogP) is 4.39. The number of fused-ring (bicyclic) bond motifs is 1. The first kappa shape index (κ1) is 12.9. The third-order valence-electron chi connectivity index (χ3n) is 2.45. The van der Waals surface area contributed by atoms with Gasteiger partial charge < -0.3 is 0 Å². The minimum absolute atomic E-state index is 0.0183. The number of rotatable bonds is 0. The summed E-state index contributed by atoms with van der Waals surface area (Å²) in [6.45, 7) is 0. The number of hydrogen-bond donors (Lipinski definition) is 0. The molecule has 0 aliphatic carbocycles. The molecule has 0 aliphatic heterocycles. The van der Waals surface area contributed by atoms with Gasteiger partial charge in [0.25, 0.3) is 0 Å². The maximum Gasteiger partial charge on any atom is 0.155 e. The third kappa shape index (κ3) is 1.78. The smallest absolute Gasteiger partial charge is 0.155 e. The van der Waals surface area contributed by atoms with Crippen LogP contribution in [-0.2, 0) is 0 Å². The highest BCUT2D eigenvalue weighted by molar-refractivity contribution is 9.10. The van der Waals surface area contributed by atoms with Gasteiger partial charge in [0.2, 0.25) is 0 Å². The van der Waals surface area contributed by atoms with E-state index in [9.17, 15) is 8.78 Å². The fraction of sp³-hybridized carbons (Fsp3) is 0. The summed E-state index contributed by atoms with van der Waals surface area (Å²) in [6.07, 6.45) is 0. The van der Waals surface area contributed by atoms with Crippen molar-refractivity contribution in [2.24, 2.45) is 0 Å². The van der Waals surface area contributed by atoms with Crippen LogP contribution in [0.3, 0.4) is 0 Å². The average molecular weight is 372 g/mol. The van der Waals surface area contributed by atoms with Crippen LogP contribution in [0.15, 0.2) is 21.1 Å². The summed E-state index contributed by atoms with van der Waals surface area (Å²) in [5.41, 5.74) is -0.451. The minimum atomic E-state index is -0.729. The van der Waals surface area contributed by atoms with Crippen molar-refractivity contribution in [2.75, 3.05) is 0 Å². The Balaban J connectivity index is 3.13. The number of nitriles is 2. The molecule has 0 amide bonds. The highest BCUT2D eigenvalue weighted by Crippen LogP contribution is 2.34. The van der Waals surface area contributed by atoms with Crippen LogP contribution in [0, 0.1) is 34.3 Å². The monoisotopic (exact) mass is 370 g/mol. The fourth-order valence-electron chi connectivity index (χ4n) is 1.64. The first-order valence-corrected chi connectivity index (χ1v) is 6.19. The topological polar surface area (TPSA) is 47.6 Å². The van der Waals surface area contributed by atoms with Crippen LogP contribution in [-0.4, -0.2) is 0 Å². The Labute approximate surface area is 118 Å². The highest BCUT2D eigenvalue weighted by Gasteiger charge is 2.18. The lowest BCUT2D eigenvalue weighted by Gasteiger charge is -2.07. The van der Waals surface area contributed by atoms with E-state index >= 15 is 0 Å². The molecule has 0 spiro atoms. The highest BCUT2D eigenvalue weighted by atomic mass is 79.9. The molecule has 2 nitrogen and oxygen atoms in total. The van der Waals surface area contributed by atoms with E-state index in [2.05, 4.69) is 31.9 Å². The Bertz CT molecular complexity index is 692. The number of halogens is 4. The Morgan fingerprint density at radius 2 is 1.17 bits per heavy atom. The van der Waals surface area contributed by atoms with Crippen LogP contribution in [0.25, 0.3) is 10.8 Å². The summed E-state index contributed by atoms with van der Waals surface area (Å²) in [4.78, 5) is 0. The lowest BCUT2D eigenvalue weighted by molar-refractivity contribution is 0.615. The second-order valence-electron chi connectivity index (χ2n) is 3.41. The predicted molar refractivity (Wildman–Crippen MR) is 68.7 cm³/mol. The van der Waals surface area contributed by atoms with Crippen molar-refractivity contribution in [1.29, 1.82) is 10.5 Å². The van der Waals surface area contributed by atoms with Crippen LogP contribution >= 0.6 is 31.9 Å². The molecule has 0 saturated heterocycles. The Morgan fingerprint density at radius 1 is 0.833 bits per heavy atom. The van der Waals surface area contributed by atoms with E-state index in [0.717, 1.165) is 0 Å². The molecule has 2 aromatic rings. The molecule has 18 heavy (non-hydrogen) atoms. The summed E-state index contributed by atoms with van der Waals surface area (Å²) >= 11 is 5.89. The Morgan fingerprint density at radius 3 is 1.44 bits per heavy atom. The Hall–Kier alpha value is -1.50. The van der Waals surface area contributed by atoms with E-state index in [-0.39, 0.29) is 30.8 Å². The second-order valence-corrected chi connectivity index (χ2v) is 5.12. The molecule has 0 aliphatic rings. The molecular weight excluding hydrogens is 370 g/mol. The van der Waals surface area contributed by atoms with E-state index in [1.165, 1.54) is 12.1 Å². The van der Waals surface area contributed by atoms with E-state index in [1.807, 2.05) is 0 Å². The van der Waals surface area contributed by atoms with Crippen molar-refractivity contribution in [3.8, 4) is 12.1 Å². The molecule has 0 N–H and O–H groups in total. The van der Waals surface area contributed by atoms with E-state index < -0.39 is 11.6 Å². The molecule has 0 unspecified atom stereocenters. The van der Waals surface area contributed by atoms with E-state index in [4.69, 9.17) is 10.5 Å². The lowest BCUT2D eigenvalue weighted by atomic mass is 10.0. The van der Waals surface area contributed by atoms with Gasteiger partial charge in [-0.25, -0.2) is 8.78 Å². The SMILES string of the molecule is N#Cc1c(F)c(Br)cc2c(C#N)c(F)c(Br)cc12. The molecule has 0 saturated carbocycles. The van der Waals surface area contributed by atoms with Crippen LogP contribution in [0.4, 0.5) is 8.78 Å². The number of hydrogen-bond acceptors (Lipinski definition) is 2. The summed E-state index contributed by atoms with van der Waals surface area (Å²) in [5, 5.41) is 18.3. The van der Waals surface area contributed by atoms with Crippen molar-refractivity contribution in [1.82, 2.24) is 0 Å². The van der Waals surface area contributed by atoms with Gasteiger partial charge in [-0.1, -0.05) is 0 Å². The molecule has 2 aromatic carbocycles. The van der Waals surface area contributed by atoms with E-state index in [1.54, 1.807) is 12.1 Å². The van der Waals surface area contributed by atoms with Gasteiger partial charge in [-0.05, 0) is 44.0 Å². The second kappa shape index (κ2) is 4.64. The van der Waals surface area contributed by atoms with E-state index in [0.29, 0.717) is 0 Å². The zero-order chi connectivity index (χ0) is 13.4. The third-order valence-corrected chi connectivity index (χ3v) is 3.61. The quantitative estimate of drug-likeness (QED) is 0.689. The van der Waals surface area contributed by atoms with Gasteiger partial charge in [0.05, 0.1) is 20.1 Å². The molecule has 2 rings (SSSR count). The van der Waals surface area contributed by atoms with Crippen LogP contribution < -0.4 is 0 Å². The normalized spacial score (nSPS) is 10.1. The zero-order valence-corrected chi connectivity index (χ0v) is 11.7. The largest absolute Gasteiger partial charge is 0.204 e. The van der Waals surface area contributed by atoms with Gasteiger partial charge >= 0.3 is 0 Å². The van der Waals surface area contributed by atoms with Gasteiger partial charge in [-0.15, -0.1) is 0 Å². The first-order chi connectivity index (χ1) is 8.51. The summed E-state index contributed by atoms with van der Waals surface area (Å²) in [6, 6.07) is 6.02. The van der Waals surface area contributed by atoms with Gasteiger partial charge in [-0.3, -0.25) is 0 Å².